The minimum absolute atomic E-state index is 0.0301. The molecule has 1 heterocycles. The van der Waals surface area contributed by atoms with Crippen molar-refractivity contribution in [3.8, 4) is 0 Å². The highest BCUT2D eigenvalue weighted by atomic mass is 16.6. The number of aliphatic hydroxyl groups is 1. The van der Waals surface area contributed by atoms with Gasteiger partial charge in [0.2, 0.25) is 0 Å². The van der Waals surface area contributed by atoms with Crippen molar-refractivity contribution in [1.29, 1.82) is 0 Å². The molecule has 2 unspecified atom stereocenters. The predicted octanol–water partition coefficient (Wildman–Crippen LogP) is 1.89. The first-order chi connectivity index (χ1) is 7.88. The van der Waals surface area contributed by atoms with E-state index >= 15 is 0 Å². The fourth-order valence-corrected chi connectivity index (χ4v) is 1.35. The van der Waals surface area contributed by atoms with Crippen LogP contribution in [0.1, 0.15) is 41.0 Å². The Bertz CT molecular complexity index is 225. The maximum absolute atomic E-state index is 11.3. The third kappa shape index (κ3) is 7.18. The summed E-state index contributed by atoms with van der Waals surface area (Å²) in [6, 6.07) is 0. The normalized spacial score (nSPS) is 23.6. The smallest absolute Gasteiger partial charge is 0.407 e. The third-order valence-electron chi connectivity index (χ3n) is 2.09. The number of amides is 1. The van der Waals surface area contributed by atoms with Crippen LogP contribution < -0.4 is 5.32 Å². The second-order valence-corrected chi connectivity index (χ2v) is 4.69. The highest BCUT2D eigenvalue weighted by Gasteiger charge is 2.27. The lowest BCUT2D eigenvalue weighted by Gasteiger charge is -2.21. The molecule has 0 saturated carbocycles. The Morgan fingerprint density at radius 3 is 2.47 bits per heavy atom. The van der Waals surface area contributed by atoms with Crippen LogP contribution in [-0.2, 0) is 9.47 Å². The van der Waals surface area contributed by atoms with E-state index in [-0.39, 0.29) is 5.92 Å². The lowest BCUT2D eigenvalue weighted by Crippen LogP contribution is -2.37. The fourth-order valence-electron chi connectivity index (χ4n) is 1.35. The minimum atomic E-state index is -0.764. The predicted molar refractivity (Wildman–Crippen MR) is 65.7 cm³/mol. The molecule has 17 heavy (non-hydrogen) atoms. The second kappa shape index (κ2) is 7.50. The number of carbonyl (C=O) groups excluding carboxylic acids is 1. The summed E-state index contributed by atoms with van der Waals surface area (Å²) in [7, 11) is 0. The molecule has 0 aliphatic carbocycles. The summed E-state index contributed by atoms with van der Waals surface area (Å²) in [5, 5.41) is 11.9. The number of alkyl carbamates (subject to hydrolysis) is 1. The van der Waals surface area contributed by atoms with Crippen molar-refractivity contribution < 1.29 is 19.4 Å². The summed E-state index contributed by atoms with van der Waals surface area (Å²) in [6.45, 7) is 10.3. The van der Waals surface area contributed by atoms with Crippen LogP contribution in [0.25, 0.3) is 0 Å². The Labute approximate surface area is 103 Å². The Balaban J connectivity index is 0.00000121. The summed E-state index contributed by atoms with van der Waals surface area (Å²) in [5.74, 6) is -0.0301. The lowest BCUT2D eigenvalue weighted by atomic mass is 10.1. The largest absolute Gasteiger partial charge is 0.444 e. The van der Waals surface area contributed by atoms with Gasteiger partial charge in [-0.2, -0.15) is 0 Å². The molecule has 102 valence electrons. The van der Waals surface area contributed by atoms with Crippen molar-refractivity contribution in [2.24, 2.45) is 5.92 Å². The van der Waals surface area contributed by atoms with Gasteiger partial charge < -0.3 is 19.9 Å². The van der Waals surface area contributed by atoms with E-state index in [1.54, 1.807) is 20.8 Å². The molecule has 1 fully saturated rings. The first-order valence-electron chi connectivity index (χ1n) is 6.15. The molecule has 2 atom stereocenters. The Kier molecular flexibility index (Phi) is 7.15. The van der Waals surface area contributed by atoms with E-state index in [9.17, 15) is 9.90 Å². The molecule has 5 nitrogen and oxygen atoms in total. The van der Waals surface area contributed by atoms with Crippen molar-refractivity contribution in [2.45, 2.75) is 52.9 Å². The van der Waals surface area contributed by atoms with E-state index < -0.39 is 18.0 Å². The molecule has 1 saturated heterocycles. The van der Waals surface area contributed by atoms with Gasteiger partial charge in [0, 0.05) is 12.5 Å². The highest BCUT2D eigenvalue weighted by Crippen LogP contribution is 2.17. The van der Waals surface area contributed by atoms with Crippen molar-refractivity contribution in [3.05, 3.63) is 0 Å². The maximum Gasteiger partial charge on any atom is 0.407 e. The van der Waals surface area contributed by atoms with E-state index in [4.69, 9.17) is 9.47 Å². The zero-order valence-corrected chi connectivity index (χ0v) is 11.4. The van der Waals surface area contributed by atoms with Gasteiger partial charge in [0.05, 0.1) is 6.61 Å². The molecule has 0 spiro atoms. The van der Waals surface area contributed by atoms with E-state index in [1.807, 2.05) is 13.8 Å². The molecular formula is C12H25NO4. The summed E-state index contributed by atoms with van der Waals surface area (Å²) in [4.78, 5) is 11.3. The number of hydrogen-bond acceptors (Lipinski definition) is 4. The molecule has 2 N–H and O–H groups in total. The zero-order chi connectivity index (χ0) is 13.5. The van der Waals surface area contributed by atoms with Crippen LogP contribution in [0.3, 0.4) is 0 Å². The molecule has 0 aromatic rings. The van der Waals surface area contributed by atoms with Gasteiger partial charge in [0.1, 0.15) is 5.60 Å². The number of aliphatic hydroxyl groups excluding tert-OH is 1. The second-order valence-electron chi connectivity index (χ2n) is 4.69. The Morgan fingerprint density at radius 1 is 1.47 bits per heavy atom. The molecule has 0 aromatic heterocycles. The number of rotatable bonds is 2. The van der Waals surface area contributed by atoms with Crippen LogP contribution in [0, 0.1) is 5.92 Å². The first-order valence-corrected chi connectivity index (χ1v) is 6.15. The molecule has 5 heteroatoms. The average Bonchev–Trinajstić information content (AvgIpc) is 2.62. The van der Waals surface area contributed by atoms with Crippen molar-refractivity contribution in [2.75, 3.05) is 13.2 Å². The standard InChI is InChI=1S/C10H19NO4.C2H6/c1-10(2,3)15-9(13)11-6-7-4-5-14-8(7)12;1-2/h7-8,12H,4-6H2,1-3H3,(H,11,13);1-2H3. The van der Waals surface area contributed by atoms with Crippen molar-refractivity contribution in [1.82, 2.24) is 5.32 Å². The third-order valence-corrected chi connectivity index (χ3v) is 2.09. The summed E-state index contributed by atoms with van der Waals surface area (Å²) in [6.07, 6.45) is -0.460. The summed E-state index contributed by atoms with van der Waals surface area (Å²) < 4.78 is 10.0. The molecule has 1 aliphatic heterocycles. The summed E-state index contributed by atoms with van der Waals surface area (Å²) in [5.41, 5.74) is -0.491. The molecule has 1 amide bonds. The van der Waals surface area contributed by atoms with Gasteiger partial charge in [-0.25, -0.2) is 4.79 Å². The van der Waals surface area contributed by atoms with Crippen LogP contribution in [0.5, 0.6) is 0 Å². The minimum Gasteiger partial charge on any atom is -0.444 e. The van der Waals surface area contributed by atoms with Crippen LogP contribution in [-0.4, -0.2) is 36.2 Å². The molecule has 0 radical (unpaired) electrons. The van der Waals surface area contributed by atoms with E-state index in [0.717, 1.165) is 6.42 Å². The van der Waals surface area contributed by atoms with E-state index in [2.05, 4.69) is 5.32 Å². The quantitative estimate of drug-likeness (QED) is 0.782. The van der Waals surface area contributed by atoms with Crippen LogP contribution in [0.15, 0.2) is 0 Å². The SMILES string of the molecule is CC.CC(C)(C)OC(=O)NCC1CCOC1O. The highest BCUT2D eigenvalue weighted by molar-refractivity contribution is 5.67. The van der Waals surface area contributed by atoms with Gasteiger partial charge in [-0.05, 0) is 27.2 Å². The molecule has 1 aliphatic rings. The summed E-state index contributed by atoms with van der Waals surface area (Å²) >= 11 is 0. The van der Waals surface area contributed by atoms with Crippen molar-refractivity contribution in [3.63, 3.8) is 0 Å². The zero-order valence-electron chi connectivity index (χ0n) is 11.4. The number of ether oxygens (including phenoxy) is 2. The number of hydrogen-bond donors (Lipinski definition) is 2. The van der Waals surface area contributed by atoms with Crippen LogP contribution in [0.2, 0.25) is 0 Å². The Hall–Kier alpha value is -0.810. The van der Waals surface area contributed by atoms with Gasteiger partial charge in [-0.1, -0.05) is 13.8 Å². The monoisotopic (exact) mass is 247 g/mol. The average molecular weight is 247 g/mol. The van der Waals surface area contributed by atoms with Gasteiger partial charge in [0.25, 0.3) is 0 Å². The van der Waals surface area contributed by atoms with Crippen molar-refractivity contribution >= 4 is 6.09 Å². The molecule has 0 aromatic carbocycles. The number of nitrogens with one attached hydrogen (secondary N) is 1. The molecule has 0 bridgehead atoms. The fraction of sp³-hybridized carbons (Fsp3) is 0.917. The Morgan fingerprint density at radius 2 is 2.06 bits per heavy atom. The molecule has 1 rings (SSSR count). The van der Waals surface area contributed by atoms with E-state index in [1.165, 1.54) is 0 Å². The van der Waals surface area contributed by atoms with E-state index in [0.29, 0.717) is 13.2 Å². The lowest BCUT2D eigenvalue weighted by molar-refractivity contribution is -0.0814. The van der Waals surface area contributed by atoms with Gasteiger partial charge in [-0.15, -0.1) is 0 Å². The van der Waals surface area contributed by atoms with Gasteiger partial charge >= 0.3 is 6.09 Å². The van der Waals surface area contributed by atoms with Crippen LogP contribution >= 0.6 is 0 Å². The van der Waals surface area contributed by atoms with Crippen LogP contribution in [0.4, 0.5) is 4.79 Å². The van der Waals surface area contributed by atoms with Gasteiger partial charge in [0.15, 0.2) is 6.29 Å². The number of carbonyl (C=O) groups is 1. The molecular weight excluding hydrogens is 222 g/mol. The van der Waals surface area contributed by atoms with Gasteiger partial charge in [-0.3, -0.25) is 0 Å². The topological polar surface area (TPSA) is 67.8 Å². The first kappa shape index (κ1) is 16.2. The maximum atomic E-state index is 11.3.